The van der Waals surface area contributed by atoms with Crippen molar-refractivity contribution in [2.75, 3.05) is 19.6 Å². The van der Waals surface area contributed by atoms with E-state index in [0.717, 1.165) is 45.2 Å². The third-order valence-corrected chi connectivity index (χ3v) is 7.29. The minimum atomic E-state index is -0.0585. The van der Waals surface area contributed by atoms with Gasteiger partial charge in [-0.25, -0.2) is 4.79 Å². The lowest BCUT2D eigenvalue weighted by Crippen LogP contribution is -2.61. The third kappa shape index (κ3) is 3.82. The van der Waals surface area contributed by atoms with Crippen LogP contribution in [0.2, 0.25) is 0 Å². The van der Waals surface area contributed by atoms with E-state index in [1.54, 1.807) is 0 Å². The van der Waals surface area contributed by atoms with Gasteiger partial charge in [-0.15, -0.1) is 0 Å². The molecule has 3 aliphatic rings. The topological polar surface area (TPSA) is 52.7 Å². The van der Waals surface area contributed by atoms with E-state index in [0.29, 0.717) is 6.54 Å². The molecule has 2 aromatic carbocycles. The zero-order valence-electron chi connectivity index (χ0n) is 18.2. The maximum absolute atomic E-state index is 13.4. The summed E-state index contributed by atoms with van der Waals surface area (Å²) in [5.41, 5.74) is 5.13. The summed E-state index contributed by atoms with van der Waals surface area (Å²) in [4.78, 5) is 30.5. The summed E-state index contributed by atoms with van der Waals surface area (Å²) < 4.78 is 0. The molecule has 5 nitrogen and oxygen atoms in total. The van der Waals surface area contributed by atoms with Crippen LogP contribution in [0.1, 0.15) is 47.6 Å². The first-order chi connectivity index (χ1) is 15.1. The van der Waals surface area contributed by atoms with Crippen molar-refractivity contribution in [2.45, 2.75) is 51.1 Å². The van der Waals surface area contributed by atoms with Gasteiger partial charge in [-0.1, -0.05) is 54.1 Å². The van der Waals surface area contributed by atoms with Gasteiger partial charge in [0.15, 0.2) is 0 Å². The van der Waals surface area contributed by atoms with Gasteiger partial charge in [0.1, 0.15) is 0 Å². The van der Waals surface area contributed by atoms with Crippen molar-refractivity contribution in [2.24, 2.45) is 5.92 Å². The first kappa shape index (κ1) is 20.1. The first-order valence-electron chi connectivity index (χ1n) is 11.6. The lowest BCUT2D eigenvalue weighted by atomic mass is 9.76. The highest BCUT2D eigenvalue weighted by Crippen LogP contribution is 2.43. The fourth-order valence-corrected chi connectivity index (χ4v) is 5.75. The molecule has 31 heavy (non-hydrogen) atoms. The van der Waals surface area contributed by atoms with Gasteiger partial charge in [0.05, 0.1) is 12.0 Å². The molecule has 0 spiro atoms. The van der Waals surface area contributed by atoms with Gasteiger partial charge < -0.3 is 15.1 Å². The van der Waals surface area contributed by atoms with Crippen LogP contribution in [0.5, 0.6) is 0 Å². The molecule has 162 valence electrons. The molecule has 3 atom stereocenters. The predicted octanol–water partition coefficient (Wildman–Crippen LogP) is 3.86. The van der Waals surface area contributed by atoms with Gasteiger partial charge in [0.2, 0.25) is 5.91 Å². The summed E-state index contributed by atoms with van der Waals surface area (Å²) in [7, 11) is 0. The van der Waals surface area contributed by atoms with Crippen LogP contribution in [0.4, 0.5) is 4.79 Å². The summed E-state index contributed by atoms with van der Waals surface area (Å²) in [5.74, 6) is 0.186. The Labute approximate surface area is 184 Å². The number of likely N-dealkylation sites (tertiary alicyclic amines) is 1. The Morgan fingerprint density at radius 1 is 1.13 bits per heavy atom. The number of fused-ring (bicyclic) bond motifs is 4. The highest BCUT2D eigenvalue weighted by atomic mass is 16.2. The number of piperidine rings is 2. The van der Waals surface area contributed by atoms with Crippen LogP contribution in [-0.2, 0) is 17.6 Å². The number of hydrogen-bond donors (Lipinski definition) is 1. The fraction of sp³-hybridized carbons (Fsp3) is 0.462. The number of benzene rings is 2. The van der Waals surface area contributed by atoms with Crippen molar-refractivity contribution in [3.05, 3.63) is 70.8 Å². The Kier molecular flexibility index (Phi) is 5.43. The molecule has 1 N–H and O–H groups in total. The van der Waals surface area contributed by atoms with Crippen LogP contribution < -0.4 is 5.32 Å². The quantitative estimate of drug-likeness (QED) is 0.825. The summed E-state index contributed by atoms with van der Waals surface area (Å²) in [6.45, 7) is 4.27. The van der Waals surface area contributed by atoms with Gasteiger partial charge in [0, 0.05) is 25.7 Å². The first-order valence-corrected chi connectivity index (χ1v) is 11.6. The number of nitrogens with one attached hydrogen (secondary N) is 1. The molecule has 2 aromatic rings. The molecule has 5 heteroatoms. The summed E-state index contributed by atoms with van der Waals surface area (Å²) >= 11 is 0. The molecule has 3 heterocycles. The molecule has 3 amide bonds. The van der Waals surface area contributed by atoms with Gasteiger partial charge >= 0.3 is 6.03 Å². The Morgan fingerprint density at radius 2 is 1.97 bits per heavy atom. The second-order valence-corrected chi connectivity index (χ2v) is 9.21. The van der Waals surface area contributed by atoms with E-state index in [4.69, 9.17) is 0 Å². The Bertz CT molecular complexity index is 974. The second kappa shape index (κ2) is 8.37. The number of nitrogens with zero attached hydrogens (tertiary/aromatic N) is 2. The van der Waals surface area contributed by atoms with Gasteiger partial charge in [-0.2, -0.15) is 0 Å². The van der Waals surface area contributed by atoms with E-state index < -0.39 is 0 Å². The molecular weight excluding hydrogens is 386 g/mol. The fourth-order valence-electron chi connectivity index (χ4n) is 5.75. The molecule has 0 aliphatic carbocycles. The Morgan fingerprint density at radius 3 is 2.81 bits per heavy atom. The van der Waals surface area contributed by atoms with E-state index in [1.165, 1.54) is 22.3 Å². The van der Waals surface area contributed by atoms with Gasteiger partial charge in [-0.3, -0.25) is 4.79 Å². The Balaban J connectivity index is 1.31. The smallest absolute Gasteiger partial charge is 0.317 e. The van der Waals surface area contributed by atoms with Gasteiger partial charge in [0.25, 0.3) is 0 Å². The SMILES string of the molecule is Cc1ccc2c(c1)CCN1C(=O)[C@H]3CCCN(C(=O)NCCc4ccccc4)[C@H]3C[C@@H]21. The molecular formula is C26H31N3O2. The summed E-state index contributed by atoms with van der Waals surface area (Å²) in [6, 6.07) is 16.9. The Hall–Kier alpha value is -2.82. The molecule has 5 rings (SSSR count). The monoisotopic (exact) mass is 417 g/mol. The van der Waals surface area contributed by atoms with E-state index in [1.807, 2.05) is 23.1 Å². The van der Waals surface area contributed by atoms with Crippen LogP contribution >= 0.6 is 0 Å². The van der Waals surface area contributed by atoms with Crippen molar-refractivity contribution in [3.63, 3.8) is 0 Å². The van der Waals surface area contributed by atoms with Crippen molar-refractivity contribution in [1.82, 2.24) is 15.1 Å². The van der Waals surface area contributed by atoms with Crippen molar-refractivity contribution in [3.8, 4) is 0 Å². The molecule has 0 unspecified atom stereocenters. The molecule has 0 aromatic heterocycles. The van der Waals surface area contributed by atoms with Crippen molar-refractivity contribution < 1.29 is 9.59 Å². The molecule has 0 saturated carbocycles. The van der Waals surface area contributed by atoms with Crippen LogP contribution in [0, 0.1) is 12.8 Å². The largest absolute Gasteiger partial charge is 0.338 e. The van der Waals surface area contributed by atoms with Crippen molar-refractivity contribution in [1.29, 1.82) is 0 Å². The highest BCUT2D eigenvalue weighted by Gasteiger charge is 2.48. The molecule has 0 bridgehead atoms. The van der Waals surface area contributed by atoms with Crippen LogP contribution in [0.25, 0.3) is 0 Å². The molecule has 0 radical (unpaired) electrons. The second-order valence-electron chi connectivity index (χ2n) is 9.21. The number of hydrogen-bond acceptors (Lipinski definition) is 2. The number of aryl methyl sites for hydroxylation is 1. The molecule has 2 saturated heterocycles. The lowest BCUT2D eigenvalue weighted by molar-refractivity contribution is -0.148. The number of amides is 3. The zero-order chi connectivity index (χ0) is 21.4. The lowest BCUT2D eigenvalue weighted by Gasteiger charge is -2.51. The normalized spacial score (nSPS) is 24.8. The maximum Gasteiger partial charge on any atom is 0.317 e. The molecule has 2 fully saturated rings. The minimum Gasteiger partial charge on any atom is -0.338 e. The van der Waals surface area contributed by atoms with E-state index in [2.05, 4.69) is 47.5 Å². The number of rotatable bonds is 3. The highest BCUT2D eigenvalue weighted by molar-refractivity contribution is 5.83. The van der Waals surface area contributed by atoms with Gasteiger partial charge in [-0.05, 0) is 55.7 Å². The standard InChI is InChI=1S/C26H31N3O2/c1-18-9-10-21-20(16-18)12-15-28-23(21)17-24-22(25(28)30)8-5-14-29(24)26(31)27-13-11-19-6-3-2-4-7-19/h2-4,6-7,9-10,16,22-24H,5,8,11-15,17H2,1H3,(H,27,31)/t22-,23-,24-/m0/s1. The summed E-state index contributed by atoms with van der Waals surface area (Å²) in [6.07, 6.45) is 4.38. The maximum atomic E-state index is 13.4. The predicted molar refractivity (Wildman–Crippen MR) is 121 cm³/mol. The van der Waals surface area contributed by atoms with Crippen LogP contribution in [0.15, 0.2) is 48.5 Å². The van der Waals surface area contributed by atoms with E-state index in [-0.39, 0.29) is 29.9 Å². The average Bonchev–Trinajstić information content (AvgIpc) is 2.79. The van der Waals surface area contributed by atoms with Crippen LogP contribution in [-0.4, -0.2) is 47.4 Å². The number of carbonyl (C=O) groups excluding carboxylic acids is 2. The van der Waals surface area contributed by atoms with Crippen LogP contribution in [0.3, 0.4) is 0 Å². The summed E-state index contributed by atoms with van der Waals surface area (Å²) in [5, 5.41) is 3.11. The van der Waals surface area contributed by atoms with E-state index in [9.17, 15) is 9.59 Å². The third-order valence-electron chi connectivity index (χ3n) is 7.29. The van der Waals surface area contributed by atoms with E-state index >= 15 is 0 Å². The zero-order valence-corrected chi connectivity index (χ0v) is 18.2. The minimum absolute atomic E-state index is 0.00789. The molecule has 3 aliphatic heterocycles. The number of urea groups is 1. The van der Waals surface area contributed by atoms with Crippen molar-refractivity contribution >= 4 is 11.9 Å². The number of carbonyl (C=O) groups is 2. The average molecular weight is 418 g/mol.